The van der Waals surface area contributed by atoms with E-state index in [1.54, 1.807) is 4.90 Å². The molecular formula is C24H26F6N2O2. The Hall–Kier alpha value is -2.75. The first-order chi connectivity index (χ1) is 15.5. The van der Waals surface area contributed by atoms with Gasteiger partial charge in [-0.05, 0) is 31.9 Å². The fourth-order valence-corrected chi connectivity index (χ4v) is 4.20. The second kappa shape index (κ2) is 8.79. The van der Waals surface area contributed by atoms with E-state index >= 15 is 0 Å². The number of aliphatic hydroxyl groups is 1. The van der Waals surface area contributed by atoms with Gasteiger partial charge >= 0.3 is 18.4 Å². The van der Waals surface area contributed by atoms with Crippen molar-refractivity contribution in [1.29, 1.82) is 0 Å². The van der Waals surface area contributed by atoms with E-state index < -0.39 is 29.1 Å². The number of nitrogens with one attached hydrogen (secondary N) is 1. The van der Waals surface area contributed by atoms with Crippen molar-refractivity contribution in [2.24, 2.45) is 0 Å². The van der Waals surface area contributed by atoms with Gasteiger partial charge in [0.2, 0.25) is 0 Å². The summed E-state index contributed by atoms with van der Waals surface area (Å²) in [5, 5.41) is 12.5. The summed E-state index contributed by atoms with van der Waals surface area (Å²) >= 11 is 0. The number of likely N-dealkylation sites (tertiary alicyclic amines) is 1. The summed E-state index contributed by atoms with van der Waals surface area (Å²) in [5.74, 6) is -0.589. The highest BCUT2D eigenvalue weighted by molar-refractivity contribution is 5.75. The zero-order valence-electron chi connectivity index (χ0n) is 18.8. The maximum absolute atomic E-state index is 13.2. The lowest BCUT2D eigenvalue weighted by molar-refractivity contribution is -0.376. The quantitative estimate of drug-likeness (QED) is 0.546. The molecule has 2 aromatic rings. The van der Waals surface area contributed by atoms with Crippen LogP contribution in [0.3, 0.4) is 0 Å². The van der Waals surface area contributed by atoms with Crippen molar-refractivity contribution in [2.75, 3.05) is 13.1 Å². The van der Waals surface area contributed by atoms with Crippen LogP contribution in [-0.4, -0.2) is 47.0 Å². The number of carbonyl (C=O) groups excluding carboxylic acids is 1. The highest BCUT2D eigenvalue weighted by atomic mass is 19.4. The van der Waals surface area contributed by atoms with Gasteiger partial charge < -0.3 is 15.3 Å². The fraction of sp³-hybridized carbons (Fsp3) is 0.458. The van der Waals surface area contributed by atoms with E-state index in [9.17, 15) is 36.2 Å². The third kappa shape index (κ3) is 5.01. The highest BCUT2D eigenvalue weighted by Crippen LogP contribution is 2.50. The van der Waals surface area contributed by atoms with Crippen molar-refractivity contribution in [2.45, 2.75) is 56.1 Å². The standard InChI is InChI=1S/C24H26F6N2O2/c1-21(2,3)31-20(33)32-13-18(15-7-5-4-6-8-15)19(14-32)16-9-11-17(12-10-16)22(34,23(25,26)27)24(28,29)30/h4-12,18-19,34H,13-14H2,1-3H3,(H,31,33)/t18-,19+/m1/s1. The minimum absolute atomic E-state index is 0.220. The number of hydrogen-bond acceptors (Lipinski definition) is 2. The average molecular weight is 488 g/mol. The predicted molar refractivity (Wildman–Crippen MR) is 114 cm³/mol. The molecule has 0 aromatic heterocycles. The van der Waals surface area contributed by atoms with Gasteiger partial charge in [-0.25, -0.2) is 4.79 Å². The third-order valence-corrected chi connectivity index (χ3v) is 5.89. The van der Waals surface area contributed by atoms with Crippen LogP contribution in [0.15, 0.2) is 54.6 Å². The van der Waals surface area contributed by atoms with E-state index in [2.05, 4.69) is 5.32 Å². The van der Waals surface area contributed by atoms with Crippen LogP contribution >= 0.6 is 0 Å². The molecule has 1 heterocycles. The summed E-state index contributed by atoms with van der Waals surface area (Å²) in [6, 6.07) is 12.5. The van der Waals surface area contributed by atoms with Crippen LogP contribution in [0.4, 0.5) is 31.1 Å². The zero-order chi connectivity index (χ0) is 25.5. The summed E-state index contributed by atoms with van der Waals surface area (Å²) in [4.78, 5) is 14.3. The molecule has 34 heavy (non-hydrogen) atoms. The normalized spacial score (nSPS) is 19.9. The Morgan fingerprint density at radius 1 is 0.824 bits per heavy atom. The molecule has 10 heteroatoms. The van der Waals surface area contributed by atoms with Gasteiger partial charge in [0, 0.05) is 36.0 Å². The first-order valence-corrected chi connectivity index (χ1v) is 10.6. The molecule has 1 fully saturated rings. The van der Waals surface area contributed by atoms with Crippen molar-refractivity contribution in [3.8, 4) is 0 Å². The molecule has 2 atom stereocenters. The molecule has 1 aliphatic heterocycles. The molecule has 0 saturated carbocycles. The lowest BCUT2D eigenvalue weighted by Crippen LogP contribution is -2.53. The summed E-state index contributed by atoms with van der Waals surface area (Å²) in [6.07, 6.45) is -11.9. The van der Waals surface area contributed by atoms with E-state index in [0.29, 0.717) is 24.2 Å². The Bertz CT molecular complexity index is 983. The van der Waals surface area contributed by atoms with E-state index in [1.165, 1.54) is 0 Å². The van der Waals surface area contributed by atoms with Crippen molar-refractivity contribution in [3.05, 3.63) is 71.3 Å². The van der Waals surface area contributed by atoms with Crippen molar-refractivity contribution < 1.29 is 36.2 Å². The van der Waals surface area contributed by atoms with E-state index in [1.807, 2.05) is 51.1 Å². The van der Waals surface area contributed by atoms with Crippen LogP contribution in [0.2, 0.25) is 0 Å². The van der Waals surface area contributed by atoms with E-state index in [-0.39, 0.29) is 24.4 Å². The molecular weight excluding hydrogens is 462 g/mol. The number of carbonyl (C=O) groups is 1. The molecule has 2 N–H and O–H groups in total. The molecule has 0 unspecified atom stereocenters. The first kappa shape index (κ1) is 25.9. The molecule has 186 valence electrons. The number of urea groups is 1. The smallest absolute Gasteiger partial charge is 0.369 e. The lowest BCUT2D eigenvalue weighted by atomic mass is 9.83. The summed E-state index contributed by atoms with van der Waals surface area (Å²) in [7, 11) is 0. The number of benzene rings is 2. The van der Waals surface area contributed by atoms with Gasteiger partial charge in [-0.3, -0.25) is 0 Å². The molecule has 1 saturated heterocycles. The van der Waals surface area contributed by atoms with Gasteiger partial charge in [0.1, 0.15) is 0 Å². The summed E-state index contributed by atoms with van der Waals surface area (Å²) < 4.78 is 79.4. The molecule has 0 spiro atoms. The molecule has 0 aliphatic carbocycles. The van der Waals surface area contributed by atoms with Gasteiger partial charge in [0.05, 0.1) is 0 Å². The van der Waals surface area contributed by atoms with Crippen LogP contribution in [0.1, 0.15) is 49.3 Å². The average Bonchev–Trinajstić information content (AvgIpc) is 3.17. The predicted octanol–water partition coefficient (Wildman–Crippen LogP) is 5.69. The van der Waals surface area contributed by atoms with Crippen molar-refractivity contribution in [3.63, 3.8) is 0 Å². The number of nitrogens with zero attached hydrogens (tertiary/aromatic N) is 1. The largest absolute Gasteiger partial charge is 0.430 e. The monoisotopic (exact) mass is 488 g/mol. The summed E-state index contributed by atoms with van der Waals surface area (Å²) in [6.45, 7) is 6.04. The fourth-order valence-electron chi connectivity index (χ4n) is 4.20. The number of rotatable bonds is 3. The SMILES string of the molecule is CC(C)(C)NC(=O)N1C[C@H](c2ccccc2)[C@H](c2ccc(C(O)(C(F)(F)F)C(F)(F)F)cc2)C1. The molecule has 2 amide bonds. The van der Waals surface area contributed by atoms with Gasteiger partial charge in [-0.2, -0.15) is 26.3 Å². The van der Waals surface area contributed by atoms with Gasteiger partial charge in [-0.1, -0.05) is 54.6 Å². The van der Waals surface area contributed by atoms with Crippen molar-refractivity contribution >= 4 is 6.03 Å². The van der Waals surface area contributed by atoms with E-state index in [0.717, 1.165) is 17.7 Å². The third-order valence-electron chi connectivity index (χ3n) is 5.89. The van der Waals surface area contributed by atoms with E-state index in [4.69, 9.17) is 0 Å². The Morgan fingerprint density at radius 3 is 1.68 bits per heavy atom. The summed E-state index contributed by atoms with van der Waals surface area (Å²) in [5.41, 5.74) is -5.42. The minimum Gasteiger partial charge on any atom is -0.369 e. The van der Waals surface area contributed by atoms with Gasteiger partial charge in [0.15, 0.2) is 0 Å². The molecule has 0 bridgehead atoms. The Balaban J connectivity index is 1.96. The maximum Gasteiger partial charge on any atom is 0.430 e. The molecule has 0 radical (unpaired) electrons. The van der Waals surface area contributed by atoms with Crippen molar-refractivity contribution in [1.82, 2.24) is 10.2 Å². The Morgan fingerprint density at radius 2 is 1.26 bits per heavy atom. The van der Waals surface area contributed by atoms with Crippen LogP contribution < -0.4 is 5.32 Å². The van der Waals surface area contributed by atoms with Gasteiger partial charge in [-0.15, -0.1) is 0 Å². The number of hydrogen-bond donors (Lipinski definition) is 2. The lowest BCUT2D eigenvalue weighted by Gasteiger charge is -2.33. The van der Waals surface area contributed by atoms with Crippen LogP contribution in [0, 0.1) is 0 Å². The zero-order valence-corrected chi connectivity index (χ0v) is 18.8. The second-order valence-corrected chi connectivity index (χ2v) is 9.54. The van der Waals surface area contributed by atoms with Gasteiger partial charge in [0.25, 0.3) is 5.60 Å². The van der Waals surface area contributed by atoms with Crippen LogP contribution in [-0.2, 0) is 5.60 Å². The topological polar surface area (TPSA) is 52.6 Å². The number of halogens is 6. The minimum atomic E-state index is -5.95. The number of amides is 2. The second-order valence-electron chi connectivity index (χ2n) is 9.54. The Kier molecular flexibility index (Phi) is 6.69. The van der Waals surface area contributed by atoms with Crippen LogP contribution in [0.25, 0.3) is 0 Å². The maximum atomic E-state index is 13.2. The highest BCUT2D eigenvalue weighted by Gasteiger charge is 2.71. The molecule has 2 aromatic carbocycles. The molecule has 1 aliphatic rings. The number of alkyl halides is 6. The van der Waals surface area contributed by atoms with Crippen LogP contribution in [0.5, 0.6) is 0 Å². The molecule has 4 nitrogen and oxygen atoms in total. The Labute approximate surface area is 193 Å². The first-order valence-electron chi connectivity index (χ1n) is 10.6. The molecule has 3 rings (SSSR count).